The molecule has 1 aliphatic heterocycles. The molecule has 0 spiro atoms. The number of hydrogen-bond donors (Lipinski definition) is 2. The molecule has 1 aromatic rings. The van der Waals surface area contributed by atoms with Crippen LogP contribution in [-0.2, 0) is 11.2 Å². The molecule has 1 aromatic carbocycles. The maximum Gasteiger partial charge on any atom is 0.238 e. The number of β-amino-alcohol motifs (C(OH)–C–C–N with tert-alkyl or cyclic N) is 1. The number of nitrogens with zero attached hydrogens (tertiary/aromatic N) is 1. The lowest BCUT2D eigenvalue weighted by Gasteiger charge is -2.14. The minimum absolute atomic E-state index is 0.0163. The van der Waals surface area contributed by atoms with E-state index in [4.69, 9.17) is 0 Å². The zero-order valence-electron chi connectivity index (χ0n) is 10.7. The maximum absolute atomic E-state index is 11.8. The topological polar surface area (TPSA) is 52.6 Å². The number of carbonyl (C=O) groups excluding carboxylic acids is 1. The van der Waals surface area contributed by atoms with Gasteiger partial charge in [0.2, 0.25) is 5.91 Å². The van der Waals surface area contributed by atoms with Crippen molar-refractivity contribution in [2.75, 3.05) is 25.0 Å². The van der Waals surface area contributed by atoms with Gasteiger partial charge in [0.15, 0.2) is 0 Å². The van der Waals surface area contributed by atoms with Crippen LogP contribution < -0.4 is 5.32 Å². The van der Waals surface area contributed by atoms with Crippen LogP contribution in [0.25, 0.3) is 0 Å². The van der Waals surface area contributed by atoms with Crippen LogP contribution in [0, 0.1) is 0 Å². The van der Waals surface area contributed by atoms with Crippen LogP contribution in [0.1, 0.15) is 18.9 Å². The number of hydrogen-bond acceptors (Lipinski definition) is 3. The van der Waals surface area contributed by atoms with E-state index < -0.39 is 0 Å². The van der Waals surface area contributed by atoms with Gasteiger partial charge in [-0.1, -0.05) is 19.1 Å². The van der Waals surface area contributed by atoms with Crippen LogP contribution in [0.2, 0.25) is 0 Å². The first-order valence-corrected chi connectivity index (χ1v) is 6.46. The zero-order chi connectivity index (χ0) is 13.0. The van der Waals surface area contributed by atoms with E-state index in [1.807, 2.05) is 29.2 Å². The third kappa shape index (κ3) is 3.55. The lowest BCUT2D eigenvalue weighted by molar-refractivity contribution is -0.117. The van der Waals surface area contributed by atoms with Gasteiger partial charge < -0.3 is 10.4 Å². The van der Waals surface area contributed by atoms with Crippen LogP contribution in [-0.4, -0.2) is 41.7 Å². The van der Waals surface area contributed by atoms with Crippen LogP contribution in [0.15, 0.2) is 24.3 Å². The molecule has 1 aliphatic rings. The molecule has 1 atom stereocenters. The highest BCUT2D eigenvalue weighted by Gasteiger charge is 2.21. The molecule has 1 heterocycles. The minimum atomic E-state index is -0.277. The summed E-state index contributed by atoms with van der Waals surface area (Å²) in [5.74, 6) is -0.0163. The highest BCUT2D eigenvalue weighted by Crippen LogP contribution is 2.12. The molecule has 1 saturated heterocycles. The average molecular weight is 248 g/mol. The zero-order valence-corrected chi connectivity index (χ0v) is 10.7. The Morgan fingerprint density at radius 1 is 1.56 bits per heavy atom. The van der Waals surface area contributed by atoms with E-state index in [2.05, 4.69) is 12.2 Å². The first kappa shape index (κ1) is 13.1. The van der Waals surface area contributed by atoms with E-state index in [9.17, 15) is 9.90 Å². The number of rotatable bonds is 4. The fourth-order valence-electron chi connectivity index (χ4n) is 2.23. The lowest BCUT2D eigenvalue weighted by Crippen LogP contribution is -2.32. The van der Waals surface area contributed by atoms with Crippen molar-refractivity contribution < 1.29 is 9.90 Å². The molecule has 98 valence electrons. The number of aliphatic hydroxyl groups is 1. The van der Waals surface area contributed by atoms with Gasteiger partial charge in [0, 0.05) is 18.8 Å². The molecule has 2 rings (SSSR count). The van der Waals surface area contributed by atoms with Gasteiger partial charge in [0.25, 0.3) is 0 Å². The standard InChI is InChI=1S/C14H20N2O2/c1-2-11-4-3-5-12(8-11)15-14(18)10-16-7-6-13(17)9-16/h3-5,8,13,17H,2,6-7,9-10H2,1H3,(H,15,18). The number of likely N-dealkylation sites (tertiary alicyclic amines) is 1. The van der Waals surface area contributed by atoms with Crippen LogP contribution in [0.5, 0.6) is 0 Å². The summed E-state index contributed by atoms with van der Waals surface area (Å²) in [6.45, 7) is 3.84. The normalized spacial score (nSPS) is 20.0. The predicted octanol–water partition coefficient (Wildman–Crippen LogP) is 1.25. The summed E-state index contributed by atoms with van der Waals surface area (Å²) in [4.78, 5) is 13.8. The van der Waals surface area contributed by atoms with Gasteiger partial charge in [0.05, 0.1) is 12.6 Å². The molecular weight excluding hydrogens is 228 g/mol. The molecule has 0 bridgehead atoms. The van der Waals surface area contributed by atoms with E-state index in [0.717, 1.165) is 25.1 Å². The smallest absolute Gasteiger partial charge is 0.238 e. The Morgan fingerprint density at radius 2 is 2.39 bits per heavy atom. The number of aryl methyl sites for hydroxylation is 1. The first-order chi connectivity index (χ1) is 8.67. The van der Waals surface area contributed by atoms with E-state index in [-0.39, 0.29) is 12.0 Å². The van der Waals surface area contributed by atoms with Gasteiger partial charge in [-0.05, 0) is 30.5 Å². The van der Waals surface area contributed by atoms with Crippen molar-refractivity contribution in [3.8, 4) is 0 Å². The van der Waals surface area contributed by atoms with Crippen molar-refractivity contribution in [2.24, 2.45) is 0 Å². The largest absolute Gasteiger partial charge is 0.392 e. The summed E-state index contributed by atoms with van der Waals surface area (Å²) >= 11 is 0. The van der Waals surface area contributed by atoms with Crippen LogP contribution in [0.4, 0.5) is 5.69 Å². The van der Waals surface area contributed by atoms with Crippen molar-refractivity contribution in [2.45, 2.75) is 25.9 Å². The fraction of sp³-hybridized carbons (Fsp3) is 0.500. The quantitative estimate of drug-likeness (QED) is 0.843. The van der Waals surface area contributed by atoms with Crippen molar-refractivity contribution in [3.63, 3.8) is 0 Å². The summed E-state index contributed by atoms with van der Waals surface area (Å²) in [6.07, 6.45) is 1.45. The van der Waals surface area contributed by atoms with Gasteiger partial charge in [-0.25, -0.2) is 0 Å². The molecular formula is C14H20N2O2. The number of carbonyl (C=O) groups is 1. The van der Waals surface area contributed by atoms with Gasteiger partial charge >= 0.3 is 0 Å². The van der Waals surface area contributed by atoms with Gasteiger partial charge in [-0.3, -0.25) is 9.69 Å². The van der Waals surface area contributed by atoms with Crippen molar-refractivity contribution in [1.82, 2.24) is 4.90 Å². The Labute approximate surface area is 108 Å². The van der Waals surface area contributed by atoms with E-state index >= 15 is 0 Å². The number of nitrogens with one attached hydrogen (secondary N) is 1. The third-order valence-electron chi connectivity index (χ3n) is 3.23. The summed E-state index contributed by atoms with van der Waals surface area (Å²) in [5.41, 5.74) is 2.06. The third-order valence-corrected chi connectivity index (χ3v) is 3.23. The van der Waals surface area contributed by atoms with Crippen molar-refractivity contribution in [3.05, 3.63) is 29.8 Å². The number of amides is 1. The molecule has 0 saturated carbocycles. The molecule has 0 radical (unpaired) electrons. The number of benzene rings is 1. The summed E-state index contributed by atoms with van der Waals surface area (Å²) in [5, 5.41) is 12.3. The monoisotopic (exact) mass is 248 g/mol. The Morgan fingerprint density at radius 3 is 3.06 bits per heavy atom. The predicted molar refractivity (Wildman–Crippen MR) is 71.5 cm³/mol. The molecule has 1 fully saturated rings. The van der Waals surface area contributed by atoms with Crippen molar-refractivity contribution >= 4 is 11.6 Å². The minimum Gasteiger partial charge on any atom is -0.392 e. The van der Waals surface area contributed by atoms with E-state index in [1.165, 1.54) is 5.56 Å². The number of aliphatic hydroxyl groups excluding tert-OH is 1. The molecule has 1 unspecified atom stereocenters. The van der Waals surface area contributed by atoms with Gasteiger partial charge in [-0.2, -0.15) is 0 Å². The van der Waals surface area contributed by atoms with Crippen LogP contribution >= 0.6 is 0 Å². The first-order valence-electron chi connectivity index (χ1n) is 6.46. The molecule has 4 heteroatoms. The Hall–Kier alpha value is -1.39. The average Bonchev–Trinajstić information content (AvgIpc) is 2.74. The fourth-order valence-corrected chi connectivity index (χ4v) is 2.23. The van der Waals surface area contributed by atoms with Gasteiger partial charge in [-0.15, -0.1) is 0 Å². The maximum atomic E-state index is 11.8. The SMILES string of the molecule is CCc1cccc(NC(=O)CN2CCC(O)C2)c1. The Balaban J connectivity index is 1.86. The highest BCUT2D eigenvalue weighted by molar-refractivity contribution is 5.92. The summed E-state index contributed by atoms with van der Waals surface area (Å²) in [6, 6.07) is 7.90. The summed E-state index contributed by atoms with van der Waals surface area (Å²) < 4.78 is 0. The van der Waals surface area contributed by atoms with Gasteiger partial charge in [0.1, 0.15) is 0 Å². The number of anilines is 1. The molecule has 0 aliphatic carbocycles. The molecule has 0 aromatic heterocycles. The van der Waals surface area contributed by atoms with Crippen LogP contribution in [0.3, 0.4) is 0 Å². The second-order valence-corrected chi connectivity index (χ2v) is 4.78. The van der Waals surface area contributed by atoms with E-state index in [1.54, 1.807) is 0 Å². The summed E-state index contributed by atoms with van der Waals surface area (Å²) in [7, 11) is 0. The Bertz CT molecular complexity index is 420. The second-order valence-electron chi connectivity index (χ2n) is 4.78. The Kier molecular flexibility index (Phi) is 4.33. The molecule has 1 amide bonds. The molecule has 4 nitrogen and oxygen atoms in total. The molecule has 18 heavy (non-hydrogen) atoms. The van der Waals surface area contributed by atoms with E-state index in [0.29, 0.717) is 13.1 Å². The lowest BCUT2D eigenvalue weighted by atomic mass is 10.1. The van der Waals surface area contributed by atoms with Crippen molar-refractivity contribution in [1.29, 1.82) is 0 Å². The second kappa shape index (κ2) is 5.98. The highest BCUT2D eigenvalue weighted by atomic mass is 16.3. The molecule has 2 N–H and O–H groups in total.